The summed E-state index contributed by atoms with van der Waals surface area (Å²) in [4.78, 5) is 104. The number of nitrogens with one attached hydrogen (secondary N) is 2. The molecule has 4 aliphatic rings. The molecule has 4 aromatic rings. The lowest BCUT2D eigenvalue weighted by Crippen LogP contribution is -2.49. The first kappa shape index (κ1) is 37.6. The minimum Gasteiger partial charge on any atom is -0.315 e. The highest BCUT2D eigenvalue weighted by Gasteiger charge is 2.49. The van der Waals surface area contributed by atoms with E-state index in [1.807, 2.05) is 60.7 Å². The van der Waals surface area contributed by atoms with Gasteiger partial charge in [-0.15, -0.1) is 0 Å². The molecule has 8 rings (SSSR count). The summed E-state index contributed by atoms with van der Waals surface area (Å²) in [6.45, 7) is 0.935. The number of hydrogen-bond acceptors (Lipinski definition) is 12. The normalized spacial score (nSPS) is 21.3. The first-order chi connectivity index (χ1) is 27.8. The second-order valence-corrected chi connectivity index (χ2v) is 13.9. The van der Waals surface area contributed by atoms with E-state index in [0.29, 0.717) is 50.2 Å². The minimum atomic E-state index is -0.813. The Balaban J connectivity index is 0.736. The van der Waals surface area contributed by atoms with Crippen molar-refractivity contribution in [3.8, 4) is 0 Å². The lowest BCUT2D eigenvalue weighted by molar-refractivity contribution is -0.142. The molecule has 0 spiro atoms. The van der Waals surface area contributed by atoms with Gasteiger partial charge in [-0.05, 0) is 36.8 Å². The number of nitrogens with zero attached hydrogens (tertiary/aromatic N) is 8. The molecular formula is C37H40N10O10. The number of fused-ring (bicyclic) bond motifs is 4. The van der Waals surface area contributed by atoms with Crippen LogP contribution in [0.15, 0.2) is 85.7 Å². The zero-order chi connectivity index (χ0) is 39.3. The van der Waals surface area contributed by atoms with Crippen LogP contribution < -0.4 is 15.8 Å². The Bertz CT molecular complexity index is 2080. The Hall–Kier alpha value is -6.35. The van der Waals surface area contributed by atoms with Crippen LogP contribution in [0, 0.1) is 0 Å². The van der Waals surface area contributed by atoms with Crippen molar-refractivity contribution in [2.24, 2.45) is 0 Å². The van der Waals surface area contributed by atoms with Gasteiger partial charge in [0.1, 0.15) is 51.2 Å². The van der Waals surface area contributed by atoms with Gasteiger partial charge in [-0.1, -0.05) is 60.7 Å². The van der Waals surface area contributed by atoms with Crippen molar-refractivity contribution in [1.82, 2.24) is 50.2 Å². The summed E-state index contributed by atoms with van der Waals surface area (Å²) in [5.74, 6) is -0.946. The van der Waals surface area contributed by atoms with E-state index in [1.165, 1.54) is 45.0 Å². The Kier molecular flexibility index (Phi) is 11.1. The Morgan fingerprint density at radius 2 is 1.12 bits per heavy atom. The maximum Gasteiger partial charge on any atom is 0.444 e. The van der Waals surface area contributed by atoms with Gasteiger partial charge in [0.05, 0.1) is 29.7 Å². The van der Waals surface area contributed by atoms with Crippen molar-refractivity contribution < 1.29 is 48.2 Å². The average molecular weight is 785 g/mol. The summed E-state index contributed by atoms with van der Waals surface area (Å²) in [5.41, 5.74) is 7.31. The van der Waals surface area contributed by atoms with Gasteiger partial charge in [0, 0.05) is 19.3 Å². The number of piperidine rings is 2. The molecule has 20 heteroatoms. The number of carbonyl (C=O) groups excluding carboxylic acids is 5. The number of rotatable bonds is 15. The van der Waals surface area contributed by atoms with Crippen molar-refractivity contribution in [1.29, 1.82) is 0 Å². The molecular weight excluding hydrogens is 744 g/mol. The molecule has 0 radical (unpaired) electrons. The number of amides is 6. The largest absolute Gasteiger partial charge is 0.444 e. The van der Waals surface area contributed by atoms with E-state index in [-0.39, 0.29) is 50.6 Å². The van der Waals surface area contributed by atoms with Gasteiger partial charge in [0.25, 0.3) is 11.8 Å². The monoisotopic (exact) mass is 784 g/mol. The molecule has 2 aromatic carbocycles. The third-order valence-electron chi connectivity index (χ3n) is 10.1. The van der Waals surface area contributed by atoms with Gasteiger partial charge in [-0.3, -0.25) is 28.9 Å². The smallest absolute Gasteiger partial charge is 0.315 e. The lowest BCUT2D eigenvalue weighted by Gasteiger charge is -2.28. The van der Waals surface area contributed by atoms with E-state index in [0.717, 1.165) is 20.4 Å². The van der Waals surface area contributed by atoms with E-state index in [2.05, 4.69) is 20.9 Å². The van der Waals surface area contributed by atoms with Crippen molar-refractivity contribution in [3.63, 3.8) is 0 Å². The zero-order valence-electron chi connectivity index (χ0n) is 30.6. The molecule has 57 heavy (non-hydrogen) atoms. The van der Waals surface area contributed by atoms with Crippen LogP contribution in [0.1, 0.15) is 48.2 Å². The Labute approximate surface area is 325 Å². The summed E-state index contributed by atoms with van der Waals surface area (Å²) < 4.78 is 2.14. The van der Waals surface area contributed by atoms with Gasteiger partial charge in [0.15, 0.2) is 0 Å². The van der Waals surface area contributed by atoms with Crippen molar-refractivity contribution in [2.75, 3.05) is 13.1 Å². The van der Waals surface area contributed by atoms with Gasteiger partial charge >= 0.3 is 18.2 Å². The van der Waals surface area contributed by atoms with E-state index >= 15 is 0 Å². The first-order valence-electron chi connectivity index (χ1n) is 18.5. The maximum absolute atomic E-state index is 13.0. The topological polar surface area (TPSA) is 204 Å². The highest BCUT2D eigenvalue weighted by Crippen LogP contribution is 2.32. The second-order valence-electron chi connectivity index (χ2n) is 13.9. The maximum atomic E-state index is 13.0. The van der Waals surface area contributed by atoms with Crippen molar-refractivity contribution in [2.45, 2.75) is 76.3 Å². The number of imidazole rings is 2. The summed E-state index contributed by atoms with van der Waals surface area (Å²) in [5, 5.41) is 2.71. The molecule has 2 N–H and O–H groups in total. The third kappa shape index (κ3) is 8.43. The summed E-state index contributed by atoms with van der Waals surface area (Å²) in [6.07, 6.45) is 6.51. The molecule has 4 bridgehead atoms. The van der Waals surface area contributed by atoms with Crippen LogP contribution in [0.3, 0.4) is 0 Å². The van der Waals surface area contributed by atoms with E-state index in [4.69, 9.17) is 24.2 Å². The third-order valence-corrected chi connectivity index (χ3v) is 10.1. The molecule has 4 saturated heterocycles. The van der Waals surface area contributed by atoms with Gasteiger partial charge < -0.3 is 14.6 Å². The Morgan fingerprint density at radius 3 is 1.65 bits per heavy atom. The van der Waals surface area contributed by atoms with Crippen LogP contribution >= 0.6 is 0 Å². The zero-order valence-corrected chi connectivity index (χ0v) is 30.6. The molecule has 6 heterocycles. The van der Waals surface area contributed by atoms with E-state index in [1.54, 1.807) is 0 Å². The van der Waals surface area contributed by atoms with Crippen LogP contribution in [-0.2, 0) is 55.4 Å². The number of urea groups is 2. The molecule has 20 nitrogen and oxygen atoms in total. The van der Waals surface area contributed by atoms with Crippen LogP contribution in [0.4, 0.5) is 14.4 Å². The summed E-state index contributed by atoms with van der Waals surface area (Å²) in [7, 11) is 0. The van der Waals surface area contributed by atoms with Gasteiger partial charge in [-0.2, -0.15) is 14.9 Å². The second kappa shape index (κ2) is 16.8. The molecule has 4 aliphatic heterocycles. The lowest BCUT2D eigenvalue weighted by atomic mass is 10.0. The summed E-state index contributed by atoms with van der Waals surface area (Å²) in [6, 6.07) is 16.6. The van der Waals surface area contributed by atoms with Crippen LogP contribution in [0.5, 0.6) is 0 Å². The van der Waals surface area contributed by atoms with Crippen LogP contribution in [-0.4, -0.2) is 106 Å². The van der Waals surface area contributed by atoms with Crippen molar-refractivity contribution in [3.05, 3.63) is 108 Å². The van der Waals surface area contributed by atoms with Crippen molar-refractivity contribution >= 4 is 30.0 Å². The molecule has 4 atom stereocenters. The number of carbonyl (C=O) groups is 5. The molecule has 4 fully saturated rings. The predicted molar refractivity (Wildman–Crippen MR) is 192 cm³/mol. The predicted octanol–water partition coefficient (Wildman–Crippen LogP) is 2.07. The number of hydrogen-bond donors (Lipinski definition) is 2. The van der Waals surface area contributed by atoms with E-state index in [9.17, 15) is 24.0 Å². The fourth-order valence-corrected chi connectivity index (χ4v) is 7.22. The van der Waals surface area contributed by atoms with Crippen LogP contribution in [0.2, 0.25) is 0 Å². The summed E-state index contributed by atoms with van der Waals surface area (Å²) >= 11 is 0. The minimum absolute atomic E-state index is 0.137. The highest BCUT2D eigenvalue weighted by atomic mass is 16.7. The average Bonchev–Trinajstić information content (AvgIpc) is 4.00. The fourth-order valence-electron chi connectivity index (χ4n) is 7.22. The van der Waals surface area contributed by atoms with Crippen LogP contribution in [0.25, 0.3) is 0 Å². The van der Waals surface area contributed by atoms with E-state index < -0.39 is 30.0 Å². The fraction of sp³-hybridized carbons (Fsp3) is 0.378. The molecule has 0 aliphatic carbocycles. The molecule has 2 aromatic heterocycles. The number of aromatic nitrogens is 4. The SMILES string of the molecule is O=C(NOCc1cn(OC(=O)n2cnc(CONC(=O)[C@@H]3CC[C@@H]4CN3C(=O)N4OCc3ccccc3)c2)cn1)[C@@H]1CC[C@@H]2CN1C(=O)N2OCc1ccccc1. The number of hydroxylamine groups is 6. The van der Waals surface area contributed by atoms with Gasteiger partial charge in [0.2, 0.25) is 0 Å². The Morgan fingerprint density at radius 1 is 0.632 bits per heavy atom. The molecule has 298 valence electrons. The molecule has 0 unspecified atom stereocenters. The molecule has 6 amide bonds. The standard InChI is InChI=1S/C37H40N10O10/c48-33(31-13-11-29-17-44(31)35(50)46(29)55-19-25-7-3-1-4-8-25)40-53-21-27-15-42(23-38-27)37(52)57-43-16-28(39-24-43)22-54-41-34(49)32-14-12-30-18-45(32)36(51)47(30)56-20-26-9-5-2-6-10-26/h1-10,15-16,23-24,29-32H,11-14,17-22H2,(H,40,48)(H,41,49)/t29-,30-,31+,32+/m1/s1. The molecule has 0 saturated carbocycles. The quantitative estimate of drug-likeness (QED) is 0.166. The highest BCUT2D eigenvalue weighted by molar-refractivity contribution is 5.88. The first-order valence-corrected chi connectivity index (χ1v) is 18.5. The van der Waals surface area contributed by atoms with Gasteiger partial charge in [-0.25, -0.2) is 39.9 Å². The number of benzene rings is 2.